The van der Waals surface area contributed by atoms with Crippen molar-refractivity contribution >= 4 is 5.91 Å². The van der Waals surface area contributed by atoms with Gasteiger partial charge in [0.15, 0.2) is 0 Å². The van der Waals surface area contributed by atoms with E-state index in [1.54, 1.807) is 0 Å². The maximum atomic E-state index is 11.8. The maximum Gasteiger partial charge on any atom is 0.253 e. The first kappa shape index (κ1) is 13.0. The number of amides is 1. The van der Waals surface area contributed by atoms with Gasteiger partial charge in [-0.15, -0.1) is 0 Å². The summed E-state index contributed by atoms with van der Waals surface area (Å²) in [6.45, 7) is 3.96. The van der Waals surface area contributed by atoms with Crippen molar-refractivity contribution in [2.24, 2.45) is 0 Å². The van der Waals surface area contributed by atoms with Gasteiger partial charge in [0.25, 0.3) is 5.56 Å². The van der Waals surface area contributed by atoms with Crippen LogP contribution in [0.25, 0.3) is 0 Å². The summed E-state index contributed by atoms with van der Waals surface area (Å²) in [5, 5.41) is 6.53. The molecule has 0 fully saturated rings. The molecule has 0 bridgehead atoms. The Morgan fingerprint density at radius 2 is 2.26 bits per heavy atom. The molecule has 100 valence electrons. The van der Waals surface area contributed by atoms with Gasteiger partial charge in [0.05, 0.1) is 0 Å². The van der Waals surface area contributed by atoms with Gasteiger partial charge in [0.2, 0.25) is 5.91 Å². The predicted molar refractivity (Wildman–Crippen MR) is 68.4 cm³/mol. The van der Waals surface area contributed by atoms with Gasteiger partial charge in [0, 0.05) is 17.8 Å². The Morgan fingerprint density at radius 1 is 1.47 bits per heavy atom. The second-order valence-electron chi connectivity index (χ2n) is 4.31. The molecule has 0 atom stereocenters. The van der Waals surface area contributed by atoms with Crippen LogP contribution in [0.5, 0.6) is 0 Å². The van der Waals surface area contributed by atoms with Gasteiger partial charge < -0.3 is 10.3 Å². The predicted octanol–water partition coefficient (Wildman–Crippen LogP) is -0.100. The average Bonchev–Trinajstić information content (AvgIpc) is 2.80. The van der Waals surface area contributed by atoms with Crippen molar-refractivity contribution in [2.75, 3.05) is 0 Å². The Morgan fingerprint density at radius 3 is 2.89 bits per heavy atom. The molecule has 0 aromatic carbocycles. The number of nitrogens with zero attached hydrogens (tertiary/aromatic N) is 3. The standard InChI is InChI=1S/C12H15N5O2/c1-8-3-9(2)16-12(19)10(8)4-14-11(18)5-17-7-13-6-15-17/h3,6-7H,4-5H2,1-2H3,(H,14,18)(H,16,19). The summed E-state index contributed by atoms with van der Waals surface area (Å²) in [7, 11) is 0. The van der Waals surface area contributed by atoms with Gasteiger partial charge in [-0.25, -0.2) is 9.67 Å². The summed E-state index contributed by atoms with van der Waals surface area (Å²) in [5.41, 5.74) is 2.07. The molecule has 2 N–H and O–H groups in total. The van der Waals surface area contributed by atoms with Crippen LogP contribution >= 0.6 is 0 Å². The molecule has 19 heavy (non-hydrogen) atoms. The van der Waals surface area contributed by atoms with E-state index < -0.39 is 0 Å². The molecule has 7 heteroatoms. The number of carbonyl (C=O) groups excluding carboxylic acids is 1. The number of aromatic amines is 1. The number of rotatable bonds is 4. The molecule has 2 rings (SSSR count). The summed E-state index contributed by atoms with van der Waals surface area (Å²) in [6, 6.07) is 1.88. The summed E-state index contributed by atoms with van der Waals surface area (Å²) < 4.78 is 1.42. The van der Waals surface area contributed by atoms with Gasteiger partial charge in [0.1, 0.15) is 19.2 Å². The Hall–Kier alpha value is -2.44. The van der Waals surface area contributed by atoms with Crippen molar-refractivity contribution < 1.29 is 4.79 Å². The van der Waals surface area contributed by atoms with Crippen molar-refractivity contribution in [3.8, 4) is 0 Å². The van der Waals surface area contributed by atoms with Crippen LogP contribution in [-0.2, 0) is 17.9 Å². The molecule has 0 aliphatic carbocycles. The quantitative estimate of drug-likeness (QED) is 0.803. The second kappa shape index (κ2) is 5.47. The van der Waals surface area contributed by atoms with E-state index in [2.05, 4.69) is 20.4 Å². The maximum absolute atomic E-state index is 11.8. The van der Waals surface area contributed by atoms with Crippen molar-refractivity contribution in [3.63, 3.8) is 0 Å². The van der Waals surface area contributed by atoms with Crippen molar-refractivity contribution in [3.05, 3.63) is 45.9 Å². The van der Waals surface area contributed by atoms with Crippen LogP contribution in [0.2, 0.25) is 0 Å². The van der Waals surface area contributed by atoms with Gasteiger partial charge in [-0.2, -0.15) is 5.10 Å². The first-order valence-electron chi connectivity index (χ1n) is 5.85. The molecular weight excluding hydrogens is 246 g/mol. The molecule has 0 radical (unpaired) electrons. The number of nitrogens with one attached hydrogen (secondary N) is 2. The zero-order chi connectivity index (χ0) is 13.8. The lowest BCUT2D eigenvalue weighted by Gasteiger charge is -2.08. The first-order chi connectivity index (χ1) is 9.06. The van der Waals surface area contributed by atoms with Gasteiger partial charge in [-0.1, -0.05) is 0 Å². The molecule has 0 spiro atoms. The molecule has 1 amide bonds. The topological polar surface area (TPSA) is 92.7 Å². The molecule has 0 aliphatic heterocycles. The lowest BCUT2D eigenvalue weighted by atomic mass is 10.1. The number of carbonyl (C=O) groups is 1. The molecule has 0 aliphatic rings. The van der Waals surface area contributed by atoms with Crippen LogP contribution in [0, 0.1) is 13.8 Å². The number of pyridine rings is 1. The zero-order valence-corrected chi connectivity index (χ0v) is 10.8. The highest BCUT2D eigenvalue weighted by Crippen LogP contribution is 2.02. The molecule has 0 saturated carbocycles. The molecule has 2 aromatic rings. The Labute approximate surface area is 109 Å². The molecule has 2 aromatic heterocycles. The van der Waals surface area contributed by atoms with Crippen LogP contribution in [-0.4, -0.2) is 25.7 Å². The fourth-order valence-electron chi connectivity index (χ4n) is 1.81. The number of aryl methyl sites for hydroxylation is 2. The Kier molecular flexibility index (Phi) is 3.74. The van der Waals surface area contributed by atoms with Gasteiger partial charge in [-0.3, -0.25) is 9.59 Å². The third-order valence-corrected chi connectivity index (χ3v) is 2.73. The fraction of sp³-hybridized carbons (Fsp3) is 0.333. The second-order valence-corrected chi connectivity index (χ2v) is 4.31. The summed E-state index contributed by atoms with van der Waals surface area (Å²) >= 11 is 0. The summed E-state index contributed by atoms with van der Waals surface area (Å²) in [5.74, 6) is -0.218. The monoisotopic (exact) mass is 261 g/mol. The van der Waals surface area contributed by atoms with Gasteiger partial charge in [-0.05, 0) is 25.5 Å². The van der Waals surface area contributed by atoms with Crippen LogP contribution < -0.4 is 10.9 Å². The van der Waals surface area contributed by atoms with E-state index in [1.807, 2.05) is 19.9 Å². The lowest BCUT2D eigenvalue weighted by molar-refractivity contribution is -0.122. The van der Waals surface area contributed by atoms with Crippen LogP contribution in [0.3, 0.4) is 0 Å². The molecule has 2 heterocycles. The van der Waals surface area contributed by atoms with Crippen LogP contribution in [0.4, 0.5) is 0 Å². The van der Waals surface area contributed by atoms with E-state index in [-0.39, 0.29) is 24.6 Å². The summed E-state index contributed by atoms with van der Waals surface area (Å²) in [6.07, 6.45) is 2.83. The zero-order valence-electron chi connectivity index (χ0n) is 10.8. The normalized spacial score (nSPS) is 10.4. The SMILES string of the molecule is Cc1cc(C)c(CNC(=O)Cn2cncn2)c(=O)[nH]1. The van der Waals surface area contributed by atoms with E-state index in [0.717, 1.165) is 11.3 Å². The molecule has 7 nitrogen and oxygen atoms in total. The highest BCUT2D eigenvalue weighted by atomic mass is 16.2. The van der Waals surface area contributed by atoms with Gasteiger partial charge >= 0.3 is 0 Å². The van der Waals surface area contributed by atoms with Crippen LogP contribution in [0.1, 0.15) is 16.8 Å². The molecular formula is C12H15N5O2. The molecule has 0 saturated heterocycles. The average molecular weight is 261 g/mol. The van der Waals surface area contributed by atoms with E-state index in [4.69, 9.17) is 0 Å². The Balaban J connectivity index is 1.99. The van der Waals surface area contributed by atoms with E-state index in [1.165, 1.54) is 17.3 Å². The van der Waals surface area contributed by atoms with E-state index in [0.29, 0.717) is 5.56 Å². The number of aromatic nitrogens is 4. The summed E-state index contributed by atoms with van der Waals surface area (Å²) in [4.78, 5) is 29.9. The third-order valence-electron chi connectivity index (χ3n) is 2.73. The van der Waals surface area contributed by atoms with E-state index >= 15 is 0 Å². The Bertz CT molecular complexity index is 630. The highest BCUT2D eigenvalue weighted by Gasteiger charge is 2.08. The van der Waals surface area contributed by atoms with E-state index in [9.17, 15) is 9.59 Å². The first-order valence-corrected chi connectivity index (χ1v) is 5.85. The fourth-order valence-corrected chi connectivity index (χ4v) is 1.81. The minimum atomic E-state index is -0.218. The van der Waals surface area contributed by atoms with Crippen molar-refractivity contribution in [1.82, 2.24) is 25.1 Å². The number of H-pyrrole nitrogens is 1. The minimum absolute atomic E-state index is 0.0861. The van der Waals surface area contributed by atoms with Crippen LogP contribution in [0.15, 0.2) is 23.5 Å². The number of hydrogen-bond acceptors (Lipinski definition) is 4. The molecule has 0 unspecified atom stereocenters. The van der Waals surface area contributed by atoms with Crippen molar-refractivity contribution in [2.45, 2.75) is 26.9 Å². The number of hydrogen-bond donors (Lipinski definition) is 2. The highest BCUT2D eigenvalue weighted by molar-refractivity contribution is 5.75. The minimum Gasteiger partial charge on any atom is -0.350 e. The smallest absolute Gasteiger partial charge is 0.253 e. The van der Waals surface area contributed by atoms with Crippen molar-refractivity contribution in [1.29, 1.82) is 0 Å². The third kappa shape index (κ3) is 3.27. The lowest BCUT2D eigenvalue weighted by Crippen LogP contribution is -2.30. The largest absolute Gasteiger partial charge is 0.350 e.